The third kappa shape index (κ3) is 8.35. The van der Waals surface area contributed by atoms with Crippen LogP contribution in [0.4, 0.5) is 13.2 Å². The van der Waals surface area contributed by atoms with Gasteiger partial charge >= 0.3 is 6.18 Å². The van der Waals surface area contributed by atoms with Crippen LogP contribution in [-0.4, -0.2) is 34.0 Å². The number of hydrogen-bond donors (Lipinski definition) is 3. The number of nitrogens with one attached hydrogen (secondary N) is 2. The second kappa shape index (κ2) is 10.7. The first kappa shape index (κ1) is 24.6. The first-order valence-electron chi connectivity index (χ1n) is 7.70. The number of carbonyl (C=O) groups is 1. The van der Waals surface area contributed by atoms with Crippen LogP contribution in [0.25, 0.3) is 0 Å². The fraction of sp³-hybridized carbons (Fsp3) is 0.533. The van der Waals surface area contributed by atoms with Gasteiger partial charge in [-0.3, -0.25) is 4.79 Å². The number of alkyl halides is 3. The summed E-state index contributed by atoms with van der Waals surface area (Å²) in [6.45, 7) is 2.70. The van der Waals surface area contributed by atoms with Crippen molar-refractivity contribution in [1.82, 2.24) is 10.0 Å². The number of sulfonamides is 1. The Bertz CT molecular complexity index is 684. The minimum Gasteiger partial charge on any atom is -0.356 e. The Labute approximate surface area is 157 Å². The Kier molecular flexibility index (Phi) is 10.1. The summed E-state index contributed by atoms with van der Waals surface area (Å²) in [6, 6.07) is 3.48. The Morgan fingerprint density at radius 1 is 1.31 bits per heavy atom. The van der Waals surface area contributed by atoms with Crippen molar-refractivity contribution in [2.45, 2.75) is 30.8 Å². The SMILES string of the molecule is CC(CN)CNC(=O)CCCNS(=O)(=O)c1cccc(C(F)(F)F)c1.Cl. The second-order valence-corrected chi connectivity index (χ2v) is 7.44. The van der Waals surface area contributed by atoms with Crippen LogP contribution < -0.4 is 15.8 Å². The van der Waals surface area contributed by atoms with Gasteiger partial charge in [0.2, 0.25) is 15.9 Å². The first-order chi connectivity index (χ1) is 11.6. The van der Waals surface area contributed by atoms with Gasteiger partial charge in [0.1, 0.15) is 0 Å². The van der Waals surface area contributed by atoms with Gasteiger partial charge in [-0.15, -0.1) is 12.4 Å². The third-order valence-corrected chi connectivity index (χ3v) is 4.85. The topological polar surface area (TPSA) is 101 Å². The number of benzene rings is 1. The molecule has 1 unspecified atom stereocenters. The van der Waals surface area contributed by atoms with Gasteiger partial charge in [-0.25, -0.2) is 13.1 Å². The number of rotatable bonds is 9. The van der Waals surface area contributed by atoms with E-state index in [1.54, 1.807) is 0 Å². The molecule has 6 nitrogen and oxygen atoms in total. The van der Waals surface area contributed by atoms with Crippen LogP contribution in [0.5, 0.6) is 0 Å². The predicted octanol–water partition coefficient (Wildman–Crippen LogP) is 1.90. The van der Waals surface area contributed by atoms with Crippen molar-refractivity contribution < 1.29 is 26.4 Å². The number of nitrogens with two attached hydrogens (primary N) is 1. The van der Waals surface area contributed by atoms with Crippen LogP contribution in [0, 0.1) is 5.92 Å². The van der Waals surface area contributed by atoms with E-state index < -0.39 is 26.7 Å². The Morgan fingerprint density at radius 2 is 1.96 bits per heavy atom. The molecule has 0 saturated carbocycles. The number of amides is 1. The maximum absolute atomic E-state index is 12.6. The van der Waals surface area contributed by atoms with Gasteiger partial charge in [0.15, 0.2) is 0 Å². The number of hydrogen-bond acceptors (Lipinski definition) is 4. The summed E-state index contributed by atoms with van der Waals surface area (Å²) in [5, 5.41) is 2.67. The zero-order valence-corrected chi connectivity index (χ0v) is 15.8. The normalized spacial score (nSPS) is 13.0. The molecule has 0 aliphatic carbocycles. The van der Waals surface area contributed by atoms with Crippen molar-refractivity contribution in [1.29, 1.82) is 0 Å². The molecule has 0 bridgehead atoms. The van der Waals surface area contributed by atoms with Crippen molar-refractivity contribution in [3.8, 4) is 0 Å². The monoisotopic (exact) mass is 417 g/mol. The summed E-state index contributed by atoms with van der Waals surface area (Å²) in [5.74, 6) is -0.0954. The second-order valence-electron chi connectivity index (χ2n) is 5.67. The average molecular weight is 418 g/mol. The average Bonchev–Trinajstić information content (AvgIpc) is 2.56. The molecule has 11 heteroatoms. The van der Waals surface area contributed by atoms with Crippen molar-refractivity contribution in [3.63, 3.8) is 0 Å². The van der Waals surface area contributed by atoms with Gasteiger partial charge in [0.05, 0.1) is 10.5 Å². The molecule has 0 radical (unpaired) electrons. The molecule has 4 N–H and O–H groups in total. The fourth-order valence-corrected chi connectivity index (χ4v) is 2.96. The van der Waals surface area contributed by atoms with E-state index >= 15 is 0 Å². The smallest absolute Gasteiger partial charge is 0.356 e. The lowest BCUT2D eigenvalue weighted by Crippen LogP contribution is -2.32. The van der Waals surface area contributed by atoms with Gasteiger partial charge in [0.25, 0.3) is 0 Å². The quantitative estimate of drug-likeness (QED) is 0.534. The number of halogens is 4. The van der Waals surface area contributed by atoms with Gasteiger partial charge in [-0.2, -0.15) is 13.2 Å². The van der Waals surface area contributed by atoms with E-state index in [-0.39, 0.29) is 43.6 Å². The van der Waals surface area contributed by atoms with Crippen LogP contribution in [0.1, 0.15) is 25.3 Å². The summed E-state index contributed by atoms with van der Waals surface area (Å²) in [6.07, 6.45) is -4.30. The lowest BCUT2D eigenvalue weighted by atomic mass is 10.2. The van der Waals surface area contributed by atoms with Crippen molar-refractivity contribution >= 4 is 28.3 Å². The molecule has 1 atom stereocenters. The molecule has 0 aliphatic rings. The van der Waals surface area contributed by atoms with Crippen LogP contribution in [0.2, 0.25) is 0 Å². The van der Waals surface area contributed by atoms with E-state index in [0.29, 0.717) is 19.2 Å². The Balaban J connectivity index is 0.00000625. The molecule has 0 heterocycles. The zero-order valence-electron chi connectivity index (χ0n) is 14.2. The highest BCUT2D eigenvalue weighted by Crippen LogP contribution is 2.30. The molecule has 0 aromatic heterocycles. The zero-order chi connectivity index (χ0) is 19.1. The first-order valence-corrected chi connectivity index (χ1v) is 9.18. The largest absolute Gasteiger partial charge is 0.416 e. The highest BCUT2D eigenvalue weighted by Gasteiger charge is 2.31. The van der Waals surface area contributed by atoms with Crippen molar-refractivity contribution in [2.24, 2.45) is 11.7 Å². The summed E-state index contributed by atoms with van der Waals surface area (Å²) < 4.78 is 64.1. The molecule has 150 valence electrons. The van der Waals surface area contributed by atoms with Crippen molar-refractivity contribution in [3.05, 3.63) is 29.8 Å². The maximum atomic E-state index is 12.6. The lowest BCUT2D eigenvalue weighted by Gasteiger charge is -2.11. The third-order valence-electron chi connectivity index (χ3n) is 3.39. The highest BCUT2D eigenvalue weighted by atomic mass is 35.5. The van der Waals surface area contributed by atoms with Crippen molar-refractivity contribution in [2.75, 3.05) is 19.6 Å². The minimum atomic E-state index is -4.62. The van der Waals surface area contributed by atoms with E-state index in [0.717, 1.165) is 18.2 Å². The van der Waals surface area contributed by atoms with Gasteiger partial charge < -0.3 is 11.1 Å². The molecule has 1 aromatic carbocycles. The highest BCUT2D eigenvalue weighted by molar-refractivity contribution is 7.89. The van der Waals surface area contributed by atoms with E-state index in [1.165, 1.54) is 0 Å². The van der Waals surface area contributed by atoms with Crippen LogP contribution in [0.3, 0.4) is 0 Å². The van der Waals surface area contributed by atoms with Crippen LogP contribution in [-0.2, 0) is 21.0 Å². The van der Waals surface area contributed by atoms with E-state index in [1.807, 2.05) is 6.92 Å². The molecule has 1 amide bonds. The molecular weight excluding hydrogens is 395 g/mol. The fourth-order valence-electron chi connectivity index (χ4n) is 1.84. The summed E-state index contributed by atoms with van der Waals surface area (Å²) >= 11 is 0. The molecule has 0 spiro atoms. The van der Waals surface area contributed by atoms with Crippen LogP contribution in [0.15, 0.2) is 29.2 Å². The maximum Gasteiger partial charge on any atom is 0.416 e. The standard InChI is InChI=1S/C15H22F3N3O3S.ClH/c1-11(9-19)10-20-14(22)6-3-7-21-25(23,24)13-5-2-4-12(8-13)15(16,17)18;/h2,4-5,8,11,21H,3,6-7,9-10,19H2,1H3,(H,20,22);1H. The Morgan fingerprint density at radius 3 is 2.54 bits per heavy atom. The van der Waals surface area contributed by atoms with E-state index in [4.69, 9.17) is 5.73 Å². The van der Waals surface area contributed by atoms with Crippen LogP contribution >= 0.6 is 12.4 Å². The lowest BCUT2D eigenvalue weighted by molar-refractivity contribution is -0.137. The molecule has 26 heavy (non-hydrogen) atoms. The number of carbonyl (C=O) groups excluding carboxylic acids is 1. The molecule has 0 saturated heterocycles. The van der Waals surface area contributed by atoms with Gasteiger partial charge in [0, 0.05) is 19.5 Å². The van der Waals surface area contributed by atoms with Gasteiger partial charge in [-0.05, 0) is 37.1 Å². The van der Waals surface area contributed by atoms with E-state index in [2.05, 4.69) is 10.0 Å². The Hall–Kier alpha value is -1.36. The summed E-state index contributed by atoms with van der Waals surface area (Å²) in [7, 11) is -4.07. The molecule has 0 fully saturated rings. The minimum absolute atomic E-state index is 0. The molecule has 1 rings (SSSR count). The summed E-state index contributed by atoms with van der Waals surface area (Å²) in [4.78, 5) is 11.1. The molecular formula is C15H23ClF3N3O3S. The molecule has 0 aliphatic heterocycles. The van der Waals surface area contributed by atoms with E-state index in [9.17, 15) is 26.4 Å². The summed E-state index contributed by atoms with van der Waals surface area (Å²) in [5.41, 5.74) is 4.38. The molecule has 1 aromatic rings. The predicted molar refractivity (Wildman–Crippen MR) is 94.3 cm³/mol. The van der Waals surface area contributed by atoms with Gasteiger partial charge in [-0.1, -0.05) is 13.0 Å².